The number of aliphatic hydroxyl groups excluding tert-OH is 1. The van der Waals surface area contributed by atoms with Crippen molar-refractivity contribution in [3.8, 4) is 22.6 Å². The molecule has 4 aromatic rings. The number of benzene rings is 3. The number of aliphatic hydroxyl groups is 1. The highest BCUT2D eigenvalue weighted by Crippen LogP contribution is 2.33. The Kier molecular flexibility index (Phi) is 6.68. The summed E-state index contributed by atoms with van der Waals surface area (Å²) in [4.78, 5) is 10.3. The molecule has 0 bridgehead atoms. The number of hydrogen-bond donors (Lipinski definition) is 3. The molecule has 0 unspecified atom stereocenters. The summed E-state index contributed by atoms with van der Waals surface area (Å²) in [5.41, 5.74) is 7.64. The molecule has 1 aliphatic heterocycles. The van der Waals surface area contributed by atoms with Crippen molar-refractivity contribution in [1.82, 2.24) is 14.9 Å². The van der Waals surface area contributed by atoms with Gasteiger partial charge in [0.1, 0.15) is 5.82 Å². The second-order valence-electron chi connectivity index (χ2n) is 8.82. The highest BCUT2D eigenvalue weighted by atomic mass is 35.5. The van der Waals surface area contributed by atoms with Crippen LogP contribution < -0.4 is 5.32 Å². The largest absolute Gasteiger partial charge is 0.392 e. The lowest BCUT2D eigenvalue weighted by molar-refractivity contribution is 0.102. The van der Waals surface area contributed by atoms with E-state index in [4.69, 9.17) is 11.6 Å². The molecule has 34 heavy (non-hydrogen) atoms. The molecule has 1 aromatic heterocycles. The van der Waals surface area contributed by atoms with Crippen LogP contribution >= 0.6 is 11.6 Å². The molecule has 0 saturated heterocycles. The van der Waals surface area contributed by atoms with E-state index in [9.17, 15) is 5.11 Å². The topological polar surface area (TPSA) is 64.2 Å². The van der Waals surface area contributed by atoms with Crippen LogP contribution in [0, 0.1) is 0 Å². The quantitative estimate of drug-likeness (QED) is 0.296. The lowest BCUT2D eigenvalue weighted by atomic mass is 9.97. The number of imidazole rings is 1. The molecule has 174 valence electrons. The Bertz CT molecular complexity index is 1270. The molecule has 0 spiro atoms. The molecule has 0 amide bonds. The number of β-amino-alcohol motifs (C(OH)–C–C–N with tert-alkyl or cyclic N) is 1. The van der Waals surface area contributed by atoms with E-state index in [1.54, 1.807) is 0 Å². The first-order valence-electron chi connectivity index (χ1n) is 11.8. The molecule has 5 rings (SSSR count). The third kappa shape index (κ3) is 4.87. The molecule has 1 aliphatic rings. The maximum Gasteiger partial charge on any atom is 0.139 e. The summed E-state index contributed by atoms with van der Waals surface area (Å²) in [6, 6.07) is 22.5. The van der Waals surface area contributed by atoms with E-state index in [-0.39, 0.29) is 6.10 Å². The van der Waals surface area contributed by atoms with Gasteiger partial charge in [0.2, 0.25) is 0 Å². The second-order valence-corrected chi connectivity index (χ2v) is 9.23. The Hall–Kier alpha value is -3.12. The van der Waals surface area contributed by atoms with E-state index in [1.165, 1.54) is 11.1 Å². The Morgan fingerprint density at radius 3 is 2.79 bits per heavy atom. The van der Waals surface area contributed by atoms with Crippen molar-refractivity contribution in [1.29, 1.82) is 0 Å². The summed E-state index contributed by atoms with van der Waals surface area (Å²) in [6.07, 6.45) is 3.32. The van der Waals surface area contributed by atoms with Crippen molar-refractivity contribution in [2.75, 3.05) is 18.4 Å². The van der Waals surface area contributed by atoms with Crippen LogP contribution in [0.25, 0.3) is 22.6 Å². The summed E-state index contributed by atoms with van der Waals surface area (Å²) >= 11 is 6.56. The Balaban J connectivity index is 1.38. The lowest BCUT2D eigenvalue weighted by Crippen LogP contribution is -2.36. The Morgan fingerprint density at radius 1 is 1.12 bits per heavy atom. The summed E-state index contributed by atoms with van der Waals surface area (Å²) in [5.74, 6) is 0.743. The minimum absolute atomic E-state index is 0.264. The average molecular weight is 473 g/mol. The van der Waals surface area contributed by atoms with Crippen molar-refractivity contribution in [3.63, 3.8) is 0 Å². The van der Waals surface area contributed by atoms with Crippen molar-refractivity contribution in [2.24, 2.45) is 0 Å². The second kappa shape index (κ2) is 10.0. The van der Waals surface area contributed by atoms with Crippen LogP contribution in [-0.2, 0) is 13.0 Å². The van der Waals surface area contributed by atoms with Gasteiger partial charge in [-0.3, -0.25) is 4.90 Å². The number of anilines is 2. The monoisotopic (exact) mass is 472 g/mol. The van der Waals surface area contributed by atoms with Gasteiger partial charge in [-0.05, 0) is 53.8 Å². The van der Waals surface area contributed by atoms with Gasteiger partial charge in [-0.25, -0.2) is 4.98 Å². The molecule has 0 saturated carbocycles. The van der Waals surface area contributed by atoms with Crippen LogP contribution in [0.1, 0.15) is 24.5 Å². The molecule has 6 heteroatoms. The fourth-order valence-electron chi connectivity index (χ4n) is 4.53. The summed E-state index contributed by atoms with van der Waals surface area (Å²) in [6.45, 7) is 4.56. The zero-order chi connectivity index (χ0) is 23.5. The minimum atomic E-state index is -0.264. The van der Waals surface area contributed by atoms with Crippen LogP contribution in [-0.4, -0.2) is 39.2 Å². The highest BCUT2D eigenvalue weighted by molar-refractivity contribution is 6.33. The first kappa shape index (κ1) is 22.7. The lowest BCUT2D eigenvalue weighted by Gasteiger charge is -2.31. The predicted molar refractivity (Wildman–Crippen MR) is 139 cm³/mol. The third-order valence-corrected chi connectivity index (χ3v) is 6.78. The van der Waals surface area contributed by atoms with E-state index in [1.807, 2.05) is 49.5 Å². The molecule has 2 heterocycles. The van der Waals surface area contributed by atoms with E-state index < -0.39 is 0 Å². The fourth-order valence-corrected chi connectivity index (χ4v) is 4.74. The van der Waals surface area contributed by atoms with Crippen LogP contribution in [0.2, 0.25) is 5.02 Å². The first-order chi connectivity index (χ1) is 16.6. The van der Waals surface area contributed by atoms with Gasteiger partial charge in [0.25, 0.3) is 0 Å². The standard InChI is InChI=1S/C28H29ClN4O/c1-2-22(34)18-33-14-13-23-20(17-33)9-6-10-26(23)31-21-11-12-25(29)24(15-21)28-30-16-27(32-28)19-7-4-3-5-8-19/h3-12,15-16,22,31,34H,2,13-14,17-18H2,1H3,(H,30,32)/t22-/m1/s1. The Labute approximate surface area is 205 Å². The molecular weight excluding hydrogens is 444 g/mol. The van der Waals surface area contributed by atoms with Crippen LogP contribution in [0.5, 0.6) is 0 Å². The summed E-state index contributed by atoms with van der Waals surface area (Å²) < 4.78 is 0. The maximum atomic E-state index is 10.0. The van der Waals surface area contributed by atoms with Crippen LogP contribution in [0.4, 0.5) is 11.4 Å². The molecule has 0 radical (unpaired) electrons. The van der Waals surface area contributed by atoms with Crippen LogP contribution in [0.15, 0.2) is 72.9 Å². The summed E-state index contributed by atoms with van der Waals surface area (Å²) in [5, 5.41) is 14.3. The number of hydrogen-bond acceptors (Lipinski definition) is 4. The SMILES string of the molecule is CC[C@@H](O)CN1CCc2c(cccc2Nc2ccc(Cl)c(-c3ncc(-c4ccccc4)[nH]3)c2)C1. The number of fused-ring (bicyclic) bond motifs is 1. The van der Waals surface area contributed by atoms with Gasteiger partial charge in [0.15, 0.2) is 0 Å². The van der Waals surface area contributed by atoms with Gasteiger partial charge in [0, 0.05) is 36.6 Å². The molecule has 0 aliphatic carbocycles. The number of aromatic nitrogens is 2. The number of halogens is 1. The zero-order valence-corrected chi connectivity index (χ0v) is 20.0. The number of nitrogens with zero attached hydrogens (tertiary/aromatic N) is 2. The van der Waals surface area contributed by atoms with E-state index >= 15 is 0 Å². The highest BCUT2D eigenvalue weighted by Gasteiger charge is 2.20. The average Bonchev–Trinajstić information content (AvgIpc) is 3.36. The fraction of sp³-hybridized carbons (Fsp3) is 0.250. The smallest absolute Gasteiger partial charge is 0.139 e. The minimum Gasteiger partial charge on any atom is -0.392 e. The van der Waals surface area contributed by atoms with Crippen molar-refractivity contribution in [2.45, 2.75) is 32.4 Å². The van der Waals surface area contributed by atoms with E-state index in [0.717, 1.165) is 66.5 Å². The van der Waals surface area contributed by atoms with Gasteiger partial charge in [0.05, 0.1) is 23.0 Å². The molecule has 3 aromatic carbocycles. The molecule has 3 N–H and O–H groups in total. The van der Waals surface area contributed by atoms with E-state index in [2.05, 4.69) is 50.5 Å². The predicted octanol–water partition coefficient (Wildman–Crippen LogP) is 6.27. The number of rotatable bonds is 7. The number of nitrogens with one attached hydrogen (secondary N) is 2. The van der Waals surface area contributed by atoms with Crippen LogP contribution in [0.3, 0.4) is 0 Å². The summed E-state index contributed by atoms with van der Waals surface area (Å²) in [7, 11) is 0. The number of aromatic amines is 1. The molecular formula is C28H29ClN4O. The van der Waals surface area contributed by atoms with Gasteiger partial charge < -0.3 is 15.4 Å². The van der Waals surface area contributed by atoms with Gasteiger partial charge in [-0.15, -0.1) is 0 Å². The normalized spacial score (nSPS) is 14.6. The van der Waals surface area contributed by atoms with Gasteiger partial charge in [-0.1, -0.05) is 61.0 Å². The number of H-pyrrole nitrogens is 1. The molecule has 1 atom stereocenters. The molecule has 0 fully saturated rings. The Morgan fingerprint density at radius 2 is 1.97 bits per heavy atom. The van der Waals surface area contributed by atoms with Gasteiger partial charge >= 0.3 is 0 Å². The van der Waals surface area contributed by atoms with Crippen molar-refractivity contribution in [3.05, 3.63) is 89.1 Å². The van der Waals surface area contributed by atoms with Crippen molar-refractivity contribution >= 4 is 23.0 Å². The third-order valence-electron chi connectivity index (χ3n) is 6.45. The maximum absolute atomic E-state index is 10.0. The molecule has 5 nitrogen and oxygen atoms in total. The first-order valence-corrected chi connectivity index (χ1v) is 12.2. The zero-order valence-electron chi connectivity index (χ0n) is 19.3. The van der Waals surface area contributed by atoms with E-state index in [0.29, 0.717) is 5.02 Å². The van der Waals surface area contributed by atoms with Crippen molar-refractivity contribution < 1.29 is 5.11 Å². The van der Waals surface area contributed by atoms with Gasteiger partial charge in [-0.2, -0.15) is 0 Å².